The van der Waals surface area contributed by atoms with Crippen LogP contribution in [-0.4, -0.2) is 41.6 Å². The van der Waals surface area contributed by atoms with E-state index in [0.29, 0.717) is 12.1 Å². The van der Waals surface area contributed by atoms with E-state index in [1.807, 2.05) is 27.7 Å². The molecular formula is C38H56N2O. The molecule has 3 aromatic carbocycles. The number of hydrogen-bond acceptors (Lipinski definition) is 3. The summed E-state index contributed by atoms with van der Waals surface area (Å²) < 4.78 is 5.49. The van der Waals surface area contributed by atoms with Crippen molar-refractivity contribution in [2.24, 2.45) is 5.92 Å². The van der Waals surface area contributed by atoms with Crippen LogP contribution in [0.1, 0.15) is 88.3 Å². The lowest BCUT2D eigenvalue weighted by Crippen LogP contribution is -2.62. The highest BCUT2D eigenvalue weighted by Gasteiger charge is 2.41. The van der Waals surface area contributed by atoms with Gasteiger partial charge in [0.25, 0.3) is 0 Å². The molecule has 0 saturated carbocycles. The summed E-state index contributed by atoms with van der Waals surface area (Å²) in [5, 5.41) is 0. The molecule has 3 aliphatic rings. The molecule has 2 saturated heterocycles. The van der Waals surface area contributed by atoms with Gasteiger partial charge in [0, 0.05) is 38.3 Å². The molecule has 3 aromatic rings. The Hall–Kier alpha value is -2.46. The van der Waals surface area contributed by atoms with Gasteiger partial charge in [-0.1, -0.05) is 121 Å². The molecular weight excluding hydrogens is 500 g/mol. The molecule has 0 radical (unpaired) electrons. The molecule has 0 aliphatic carbocycles. The Morgan fingerprint density at radius 3 is 1.80 bits per heavy atom. The monoisotopic (exact) mass is 556 g/mol. The number of benzene rings is 3. The van der Waals surface area contributed by atoms with Gasteiger partial charge in [0.15, 0.2) is 0 Å². The zero-order valence-corrected chi connectivity index (χ0v) is 27.0. The van der Waals surface area contributed by atoms with Crippen LogP contribution in [0.4, 0.5) is 0 Å². The van der Waals surface area contributed by atoms with E-state index in [9.17, 15) is 0 Å². The standard InChI is InChI=1S/C20H25N.C14H19NO.2C2H6/c1-16(2)13-17-7-9-18(10-8-17)14-21-12-11-19-5-3-4-6-20(19)15-21;1-2-11-3-5-12(6-4-11)8-15-13-7-14(15)10-16-9-13;2*1-2/h3-10,16H,11-15H2,1-2H3;3-6,13-14H,2,7-10H2,1H3;2*1-2H3. The van der Waals surface area contributed by atoms with Gasteiger partial charge in [-0.2, -0.15) is 0 Å². The highest BCUT2D eigenvalue weighted by molar-refractivity contribution is 5.30. The second kappa shape index (κ2) is 17.5. The Kier molecular flexibility index (Phi) is 14.1. The molecule has 3 heteroatoms. The zero-order valence-electron chi connectivity index (χ0n) is 27.0. The van der Waals surface area contributed by atoms with Crippen LogP contribution in [-0.2, 0) is 43.6 Å². The lowest BCUT2D eigenvalue weighted by molar-refractivity contribution is -0.131. The van der Waals surface area contributed by atoms with Gasteiger partial charge in [-0.05, 0) is 65.0 Å². The van der Waals surface area contributed by atoms with Gasteiger partial charge in [-0.3, -0.25) is 9.80 Å². The first-order chi connectivity index (χ1) is 20.1. The third-order valence-corrected chi connectivity index (χ3v) is 8.18. The Morgan fingerprint density at radius 2 is 1.24 bits per heavy atom. The van der Waals surface area contributed by atoms with Gasteiger partial charge in [0.05, 0.1) is 13.2 Å². The fourth-order valence-electron chi connectivity index (χ4n) is 5.96. The largest absolute Gasteiger partial charge is 0.378 e. The van der Waals surface area contributed by atoms with Crippen molar-refractivity contribution < 1.29 is 4.74 Å². The van der Waals surface area contributed by atoms with E-state index in [1.54, 1.807) is 0 Å². The predicted octanol–water partition coefficient (Wildman–Crippen LogP) is 8.72. The summed E-state index contributed by atoms with van der Waals surface area (Å²) in [5.74, 6) is 0.731. The van der Waals surface area contributed by atoms with E-state index in [4.69, 9.17) is 4.74 Å². The summed E-state index contributed by atoms with van der Waals surface area (Å²) in [5.41, 5.74) is 8.78. The lowest BCUT2D eigenvalue weighted by Gasteiger charge is -2.52. The highest BCUT2D eigenvalue weighted by atomic mass is 16.5. The molecule has 2 atom stereocenters. The normalized spacial score (nSPS) is 19.3. The summed E-state index contributed by atoms with van der Waals surface area (Å²) in [4.78, 5) is 5.14. The zero-order chi connectivity index (χ0) is 29.6. The number of aryl methyl sites for hydroxylation is 1. The molecule has 2 unspecified atom stereocenters. The van der Waals surface area contributed by atoms with Crippen LogP contribution >= 0.6 is 0 Å². The average Bonchev–Trinajstić information content (AvgIpc) is 3.03. The molecule has 0 aromatic heterocycles. The first-order valence-electron chi connectivity index (χ1n) is 16.4. The number of nitrogens with zero attached hydrogens (tertiary/aromatic N) is 2. The lowest BCUT2D eigenvalue weighted by atomic mass is 9.90. The molecule has 0 amide bonds. The third-order valence-electron chi connectivity index (χ3n) is 8.18. The van der Waals surface area contributed by atoms with Crippen molar-refractivity contribution >= 4 is 0 Å². The fraction of sp³-hybridized carbons (Fsp3) is 0.526. The average molecular weight is 557 g/mol. The molecule has 2 fully saturated rings. The van der Waals surface area contributed by atoms with Crippen molar-refractivity contribution in [2.75, 3.05) is 19.8 Å². The first kappa shape index (κ1) is 33.0. The Bertz CT molecular complexity index is 1110. The third kappa shape index (κ3) is 9.81. The summed E-state index contributed by atoms with van der Waals surface area (Å²) >= 11 is 0. The van der Waals surface area contributed by atoms with Crippen LogP contribution in [0, 0.1) is 5.92 Å². The van der Waals surface area contributed by atoms with Crippen LogP contribution in [0.2, 0.25) is 0 Å². The predicted molar refractivity (Wildman–Crippen MR) is 176 cm³/mol. The number of fused-ring (bicyclic) bond motifs is 3. The van der Waals surface area contributed by atoms with Crippen molar-refractivity contribution in [2.45, 2.75) is 106 Å². The topological polar surface area (TPSA) is 15.7 Å². The van der Waals surface area contributed by atoms with Crippen LogP contribution in [0.25, 0.3) is 0 Å². The molecule has 2 bridgehead atoms. The molecule has 41 heavy (non-hydrogen) atoms. The van der Waals surface area contributed by atoms with Crippen molar-refractivity contribution in [1.29, 1.82) is 0 Å². The van der Waals surface area contributed by atoms with E-state index in [1.165, 1.54) is 59.2 Å². The Labute approximate surface area is 251 Å². The van der Waals surface area contributed by atoms with E-state index < -0.39 is 0 Å². The van der Waals surface area contributed by atoms with E-state index in [2.05, 4.69) is 103 Å². The maximum atomic E-state index is 5.49. The summed E-state index contributed by atoms with van der Waals surface area (Å²) in [6, 6.07) is 28.5. The number of morpholine rings is 1. The molecule has 0 spiro atoms. The van der Waals surface area contributed by atoms with E-state index in [0.717, 1.165) is 45.2 Å². The number of ether oxygens (including phenoxy) is 1. The molecule has 6 rings (SSSR count). The van der Waals surface area contributed by atoms with Crippen LogP contribution < -0.4 is 0 Å². The van der Waals surface area contributed by atoms with Gasteiger partial charge < -0.3 is 4.74 Å². The molecule has 224 valence electrons. The van der Waals surface area contributed by atoms with E-state index in [-0.39, 0.29) is 0 Å². The maximum Gasteiger partial charge on any atom is 0.0623 e. The minimum Gasteiger partial charge on any atom is -0.378 e. The summed E-state index contributed by atoms with van der Waals surface area (Å²) in [6.45, 7) is 21.0. The Balaban J connectivity index is 0.000000207. The van der Waals surface area contributed by atoms with Gasteiger partial charge in [-0.25, -0.2) is 0 Å². The van der Waals surface area contributed by atoms with Crippen molar-refractivity contribution in [1.82, 2.24) is 9.80 Å². The fourth-order valence-corrected chi connectivity index (χ4v) is 5.96. The van der Waals surface area contributed by atoms with Gasteiger partial charge in [-0.15, -0.1) is 0 Å². The van der Waals surface area contributed by atoms with E-state index >= 15 is 0 Å². The summed E-state index contributed by atoms with van der Waals surface area (Å²) in [7, 11) is 0. The molecule has 0 N–H and O–H groups in total. The number of hydrogen-bond donors (Lipinski definition) is 0. The second-order valence-electron chi connectivity index (χ2n) is 11.6. The summed E-state index contributed by atoms with van der Waals surface area (Å²) in [6.07, 6.45) is 4.83. The maximum absolute atomic E-state index is 5.49. The van der Waals surface area contributed by atoms with Gasteiger partial charge in [0.2, 0.25) is 0 Å². The van der Waals surface area contributed by atoms with Gasteiger partial charge >= 0.3 is 0 Å². The van der Waals surface area contributed by atoms with Crippen LogP contribution in [0.15, 0.2) is 72.8 Å². The van der Waals surface area contributed by atoms with Crippen molar-refractivity contribution in [3.63, 3.8) is 0 Å². The van der Waals surface area contributed by atoms with Crippen molar-refractivity contribution in [3.8, 4) is 0 Å². The second-order valence-corrected chi connectivity index (χ2v) is 11.6. The smallest absolute Gasteiger partial charge is 0.0623 e. The minimum absolute atomic E-state index is 0.685. The molecule has 3 heterocycles. The minimum atomic E-state index is 0.685. The quantitative estimate of drug-likeness (QED) is 0.289. The number of rotatable bonds is 7. The van der Waals surface area contributed by atoms with Crippen LogP contribution in [0.3, 0.4) is 0 Å². The molecule has 3 nitrogen and oxygen atoms in total. The first-order valence-corrected chi connectivity index (χ1v) is 16.4. The van der Waals surface area contributed by atoms with Crippen LogP contribution in [0.5, 0.6) is 0 Å². The molecule has 3 aliphatic heterocycles. The van der Waals surface area contributed by atoms with Gasteiger partial charge in [0.1, 0.15) is 0 Å². The SMILES string of the molecule is CC.CC.CC(C)Cc1ccc(CN2CCc3ccccc3C2)cc1.CCc1ccc(CN2C3COCC2C3)cc1. The Morgan fingerprint density at radius 1 is 0.707 bits per heavy atom. The van der Waals surface area contributed by atoms with Crippen molar-refractivity contribution in [3.05, 3.63) is 106 Å². The highest BCUT2D eigenvalue weighted by Crippen LogP contribution is 2.32.